The maximum atomic E-state index is 11.8. The molecule has 2 nitrogen and oxygen atoms in total. The lowest BCUT2D eigenvalue weighted by Gasteiger charge is -2.17. The van der Waals surface area contributed by atoms with Crippen LogP contribution in [0.25, 0.3) is 0 Å². The predicted molar refractivity (Wildman–Crippen MR) is 64.4 cm³/mol. The van der Waals surface area contributed by atoms with Gasteiger partial charge >= 0.3 is 0 Å². The van der Waals surface area contributed by atoms with E-state index in [9.17, 15) is 4.79 Å². The summed E-state index contributed by atoms with van der Waals surface area (Å²) in [7, 11) is 1.83. The molecular formula is C10H14BrNOS. The molecular weight excluding hydrogens is 262 g/mol. The molecule has 14 heavy (non-hydrogen) atoms. The minimum atomic E-state index is 0.106. The summed E-state index contributed by atoms with van der Waals surface area (Å²) in [5.41, 5.74) is 0. The van der Waals surface area contributed by atoms with Gasteiger partial charge in [-0.15, -0.1) is 11.3 Å². The number of alkyl halides is 1. The number of halogens is 1. The maximum Gasteiger partial charge on any atom is 0.263 e. The van der Waals surface area contributed by atoms with Crippen LogP contribution >= 0.6 is 27.3 Å². The van der Waals surface area contributed by atoms with Crippen LogP contribution in [0.1, 0.15) is 21.5 Å². The highest BCUT2D eigenvalue weighted by molar-refractivity contribution is 9.09. The summed E-state index contributed by atoms with van der Waals surface area (Å²) in [5, 5.41) is 0. The number of aryl methyl sites for hydroxylation is 1. The second-order valence-electron chi connectivity index (χ2n) is 3.38. The Labute approximate surface area is 97.1 Å². The zero-order valence-electron chi connectivity index (χ0n) is 8.58. The van der Waals surface area contributed by atoms with E-state index in [2.05, 4.69) is 15.9 Å². The Morgan fingerprint density at radius 1 is 1.64 bits per heavy atom. The Kier molecular flexibility index (Phi) is 4.13. The minimum Gasteiger partial charge on any atom is -0.340 e. The summed E-state index contributed by atoms with van der Waals surface area (Å²) < 4.78 is 0. The molecule has 0 spiro atoms. The monoisotopic (exact) mass is 275 g/mol. The lowest BCUT2D eigenvalue weighted by molar-refractivity contribution is 0.0802. The molecule has 1 rings (SSSR count). The van der Waals surface area contributed by atoms with Gasteiger partial charge in [0.2, 0.25) is 0 Å². The number of carbonyl (C=O) groups excluding carboxylic acids is 1. The quantitative estimate of drug-likeness (QED) is 0.777. The highest BCUT2D eigenvalue weighted by Crippen LogP contribution is 2.17. The number of amides is 1. The smallest absolute Gasteiger partial charge is 0.263 e. The van der Waals surface area contributed by atoms with Crippen molar-refractivity contribution in [2.24, 2.45) is 0 Å². The van der Waals surface area contributed by atoms with Crippen molar-refractivity contribution < 1.29 is 4.79 Å². The number of hydrogen-bond donors (Lipinski definition) is 0. The number of thiophene rings is 1. The molecule has 0 bridgehead atoms. The van der Waals surface area contributed by atoms with Gasteiger partial charge in [-0.05, 0) is 19.1 Å². The molecule has 1 heterocycles. The molecule has 4 heteroatoms. The molecule has 0 fully saturated rings. The summed E-state index contributed by atoms with van der Waals surface area (Å²) in [5.74, 6) is 0.106. The molecule has 0 aromatic carbocycles. The van der Waals surface area contributed by atoms with Gasteiger partial charge in [-0.25, -0.2) is 0 Å². The first-order chi connectivity index (χ1) is 6.50. The molecule has 0 aliphatic heterocycles. The van der Waals surface area contributed by atoms with Gasteiger partial charge < -0.3 is 4.90 Å². The van der Waals surface area contributed by atoms with Crippen molar-refractivity contribution in [3.63, 3.8) is 0 Å². The fraction of sp³-hybridized carbons (Fsp3) is 0.500. The van der Waals surface area contributed by atoms with E-state index >= 15 is 0 Å². The van der Waals surface area contributed by atoms with Crippen molar-refractivity contribution in [2.45, 2.75) is 18.7 Å². The average Bonchev–Trinajstić information content (AvgIpc) is 2.49. The predicted octanol–water partition coefficient (Wildman–Crippen LogP) is 2.91. The topological polar surface area (TPSA) is 20.3 Å². The van der Waals surface area contributed by atoms with E-state index in [-0.39, 0.29) is 5.91 Å². The third kappa shape index (κ3) is 3.10. The Balaban J connectivity index is 2.65. The molecule has 0 aliphatic rings. The summed E-state index contributed by atoms with van der Waals surface area (Å²) in [6.07, 6.45) is 0. The fourth-order valence-corrected chi connectivity index (χ4v) is 2.49. The van der Waals surface area contributed by atoms with Crippen LogP contribution in [0, 0.1) is 6.92 Å². The molecule has 1 aromatic heterocycles. The van der Waals surface area contributed by atoms with Crippen molar-refractivity contribution in [3.8, 4) is 0 Å². The van der Waals surface area contributed by atoms with Crippen LogP contribution in [0.3, 0.4) is 0 Å². The van der Waals surface area contributed by atoms with Gasteiger partial charge in [0.1, 0.15) is 0 Å². The summed E-state index contributed by atoms with van der Waals surface area (Å²) in [6.45, 7) is 4.77. The third-order valence-corrected chi connectivity index (χ3v) is 3.10. The van der Waals surface area contributed by atoms with Gasteiger partial charge in [-0.1, -0.05) is 22.9 Å². The van der Waals surface area contributed by atoms with Gasteiger partial charge in [-0.2, -0.15) is 0 Å². The Morgan fingerprint density at radius 2 is 2.29 bits per heavy atom. The van der Waals surface area contributed by atoms with Crippen LogP contribution in [-0.2, 0) is 0 Å². The Morgan fingerprint density at radius 3 is 2.71 bits per heavy atom. The maximum absolute atomic E-state index is 11.8. The van der Waals surface area contributed by atoms with Crippen LogP contribution in [0.2, 0.25) is 0 Å². The Bertz CT molecular complexity index is 322. The van der Waals surface area contributed by atoms with E-state index in [0.29, 0.717) is 4.83 Å². The van der Waals surface area contributed by atoms with Crippen molar-refractivity contribution >= 4 is 33.2 Å². The van der Waals surface area contributed by atoms with Gasteiger partial charge in [0.25, 0.3) is 5.91 Å². The van der Waals surface area contributed by atoms with E-state index < -0.39 is 0 Å². The first-order valence-corrected chi connectivity index (χ1v) is 6.20. The zero-order chi connectivity index (χ0) is 10.7. The molecule has 78 valence electrons. The summed E-state index contributed by atoms with van der Waals surface area (Å²) in [6, 6.07) is 3.86. The van der Waals surface area contributed by atoms with Gasteiger partial charge in [0, 0.05) is 23.3 Å². The minimum absolute atomic E-state index is 0.106. The summed E-state index contributed by atoms with van der Waals surface area (Å²) >= 11 is 4.98. The van der Waals surface area contributed by atoms with Crippen LogP contribution in [0.15, 0.2) is 12.1 Å². The van der Waals surface area contributed by atoms with Gasteiger partial charge in [0.05, 0.1) is 4.88 Å². The van der Waals surface area contributed by atoms with Crippen LogP contribution < -0.4 is 0 Å². The van der Waals surface area contributed by atoms with E-state index in [4.69, 9.17) is 0 Å². The van der Waals surface area contributed by atoms with Crippen molar-refractivity contribution in [1.82, 2.24) is 4.90 Å². The highest BCUT2D eigenvalue weighted by Gasteiger charge is 2.14. The second-order valence-corrected chi connectivity index (χ2v) is 6.23. The zero-order valence-corrected chi connectivity index (χ0v) is 11.0. The molecule has 1 aromatic rings. The normalized spacial score (nSPS) is 12.6. The second kappa shape index (κ2) is 4.94. The lowest BCUT2D eigenvalue weighted by Crippen LogP contribution is -2.30. The molecule has 0 saturated carbocycles. The van der Waals surface area contributed by atoms with E-state index in [1.165, 1.54) is 4.88 Å². The van der Waals surface area contributed by atoms with E-state index in [1.807, 2.05) is 33.0 Å². The van der Waals surface area contributed by atoms with Crippen molar-refractivity contribution in [3.05, 3.63) is 21.9 Å². The Hall–Kier alpha value is -0.350. The first-order valence-electron chi connectivity index (χ1n) is 4.46. The number of rotatable bonds is 3. The fourth-order valence-electron chi connectivity index (χ4n) is 1.20. The molecule has 1 amide bonds. The SMILES string of the molecule is Cc1ccc(C(=O)N(C)CC(C)Br)s1. The molecule has 1 unspecified atom stereocenters. The van der Waals surface area contributed by atoms with Crippen LogP contribution in [0.4, 0.5) is 0 Å². The lowest BCUT2D eigenvalue weighted by atomic mass is 10.3. The molecule has 1 atom stereocenters. The van der Waals surface area contributed by atoms with Crippen LogP contribution in [-0.4, -0.2) is 29.2 Å². The highest BCUT2D eigenvalue weighted by atomic mass is 79.9. The van der Waals surface area contributed by atoms with Gasteiger partial charge in [-0.3, -0.25) is 4.79 Å². The number of carbonyl (C=O) groups is 1. The first kappa shape index (κ1) is 11.7. The summed E-state index contributed by atoms with van der Waals surface area (Å²) in [4.78, 5) is 15.9. The largest absolute Gasteiger partial charge is 0.340 e. The van der Waals surface area contributed by atoms with Crippen molar-refractivity contribution in [1.29, 1.82) is 0 Å². The van der Waals surface area contributed by atoms with Gasteiger partial charge in [0.15, 0.2) is 0 Å². The molecule has 0 saturated heterocycles. The number of hydrogen-bond acceptors (Lipinski definition) is 2. The number of nitrogens with zero attached hydrogens (tertiary/aromatic N) is 1. The molecule has 0 N–H and O–H groups in total. The average molecular weight is 276 g/mol. The third-order valence-electron chi connectivity index (χ3n) is 1.82. The van der Waals surface area contributed by atoms with Crippen molar-refractivity contribution in [2.75, 3.05) is 13.6 Å². The standard InChI is InChI=1S/C10H14BrNOS/c1-7(11)6-12(3)10(13)9-5-4-8(2)14-9/h4-5,7H,6H2,1-3H3. The van der Waals surface area contributed by atoms with E-state index in [0.717, 1.165) is 11.4 Å². The van der Waals surface area contributed by atoms with E-state index in [1.54, 1.807) is 16.2 Å². The molecule has 0 radical (unpaired) electrons. The molecule has 0 aliphatic carbocycles. The van der Waals surface area contributed by atoms with Crippen LogP contribution in [0.5, 0.6) is 0 Å².